The number of amides is 8. The molecule has 0 aliphatic carbocycles. The van der Waals surface area contributed by atoms with Gasteiger partial charge in [0.2, 0.25) is 47.3 Å². The molecule has 1 saturated heterocycles. The lowest BCUT2D eigenvalue weighted by atomic mass is 10.0. The van der Waals surface area contributed by atoms with Gasteiger partial charge in [-0.3, -0.25) is 64.0 Å². The quantitative estimate of drug-likeness (QED) is 0.00724. The third-order valence-electron chi connectivity index (χ3n) is 14.2. The summed E-state index contributed by atoms with van der Waals surface area (Å²) in [5.74, 6) is -6.30. The maximum atomic E-state index is 14.6. The van der Waals surface area contributed by atoms with Gasteiger partial charge in [0, 0.05) is 49.6 Å². The summed E-state index contributed by atoms with van der Waals surface area (Å²) in [4.78, 5) is 146. The van der Waals surface area contributed by atoms with Crippen molar-refractivity contribution in [3.63, 3.8) is 0 Å². The molecule has 8 amide bonds. The standard InChI is InChI=1S/C59H72N14O16/c1-33(2)24-44(69-58(82)47-13-9-23-71(47)51(75)26-37-27-52(76)89-49-29-40(87-4)19-20-41(37)49)55(79)65-31-50(74)67-45(25-35-14-17-39(18-15-35)88-32-36-10-6-5-7-11-36)56(80)70-46(30-64-42-21-16-38(72(83)84)28-48(42)73(85)86)57(81)66-34(3)54(78)68-43(53(60)77)12-8-22-63-59(61)62/h5-7,10-11,14-21,27-29,33-34,43-47,64H,8-9,12-13,22-26,30-32H2,1-4H3,(H2,60,77)(H,65,79)(H,66,81)(H,67,74)(H,68,78)(H,69,82)(H,70,80)(H4,61,62,63)/t34-,43-,44-,45-,46-,47-/m0/s1. The SMILES string of the molecule is COc1ccc2c(CC(=O)N3CCC[C@H]3C(=O)N[C@@H](CC(C)C)C(=O)NCC(=O)N[C@@H](Cc3ccc(OCc4ccccc4)cc3)C(=O)N[C@@H](CNc3ccc([N+](=O)[O-])cc3[N+](=O)[O-])C(=O)N[C@@H](C)C(=O)N[C@@H](CCCNC(=N)N)C(N)=O)cc(=O)oc2c1. The van der Waals surface area contributed by atoms with Gasteiger partial charge in [0.25, 0.3) is 11.4 Å². The molecule has 0 spiro atoms. The third kappa shape index (κ3) is 20.2. The molecule has 1 aliphatic rings. The van der Waals surface area contributed by atoms with E-state index < -0.39 is 123 Å². The lowest BCUT2D eigenvalue weighted by molar-refractivity contribution is -0.393. The topological polar surface area (TPSA) is 447 Å². The third-order valence-corrected chi connectivity index (χ3v) is 14.2. The van der Waals surface area contributed by atoms with Crippen LogP contribution < -0.4 is 69.1 Å². The van der Waals surface area contributed by atoms with Crippen LogP contribution in [0.3, 0.4) is 0 Å². The highest BCUT2D eigenvalue weighted by Crippen LogP contribution is 2.30. The highest BCUT2D eigenvalue weighted by Gasteiger charge is 2.37. The van der Waals surface area contributed by atoms with Crippen LogP contribution in [0.4, 0.5) is 17.1 Å². The number of nitro benzene ring substituents is 2. The van der Waals surface area contributed by atoms with Crippen molar-refractivity contribution in [2.75, 3.05) is 38.6 Å². The number of hydrogen-bond acceptors (Lipinski definition) is 18. The number of primary amides is 1. The van der Waals surface area contributed by atoms with Gasteiger partial charge >= 0.3 is 5.63 Å². The summed E-state index contributed by atoms with van der Waals surface area (Å²) in [6.07, 6.45) is 0.561. The predicted molar refractivity (Wildman–Crippen MR) is 323 cm³/mol. The first-order valence-corrected chi connectivity index (χ1v) is 28.4. The molecule has 4 aromatic carbocycles. The van der Waals surface area contributed by atoms with Gasteiger partial charge in [0.05, 0.1) is 36.0 Å². The van der Waals surface area contributed by atoms with Crippen molar-refractivity contribution in [2.45, 2.75) is 109 Å². The Labute approximate surface area is 509 Å². The van der Waals surface area contributed by atoms with E-state index in [1.165, 1.54) is 31.1 Å². The Morgan fingerprint density at radius 2 is 1.45 bits per heavy atom. The Morgan fingerprint density at radius 1 is 0.753 bits per heavy atom. The maximum Gasteiger partial charge on any atom is 0.336 e. The number of nitrogens with two attached hydrogens (primary N) is 2. The van der Waals surface area contributed by atoms with Gasteiger partial charge in [0.1, 0.15) is 65.6 Å². The number of carbonyl (C=O) groups excluding carboxylic acids is 8. The number of non-ortho nitro benzene ring substituents is 1. The smallest absolute Gasteiger partial charge is 0.336 e. The first-order chi connectivity index (χ1) is 42.4. The first kappa shape index (κ1) is 67.4. The van der Waals surface area contributed by atoms with Crippen LogP contribution >= 0.6 is 0 Å². The van der Waals surface area contributed by atoms with E-state index in [0.717, 1.165) is 17.7 Å². The van der Waals surface area contributed by atoms with Gasteiger partial charge < -0.3 is 72.8 Å². The number of carbonyl (C=O) groups is 8. The van der Waals surface area contributed by atoms with Crippen LogP contribution in [0.15, 0.2) is 106 Å². The maximum absolute atomic E-state index is 14.6. The Morgan fingerprint density at radius 3 is 2.11 bits per heavy atom. The molecule has 0 bridgehead atoms. The molecule has 89 heavy (non-hydrogen) atoms. The van der Waals surface area contributed by atoms with E-state index >= 15 is 0 Å². The predicted octanol–water partition coefficient (Wildman–Crippen LogP) is 1.44. The summed E-state index contributed by atoms with van der Waals surface area (Å²) < 4.78 is 16.5. The van der Waals surface area contributed by atoms with E-state index in [2.05, 4.69) is 42.5 Å². The zero-order chi connectivity index (χ0) is 64.9. The molecule has 6 atom stereocenters. The zero-order valence-corrected chi connectivity index (χ0v) is 49.3. The van der Waals surface area contributed by atoms with Crippen molar-refractivity contribution < 1.29 is 62.1 Å². The normalized spacial score (nSPS) is 14.3. The van der Waals surface area contributed by atoms with Crippen molar-refractivity contribution >= 4 is 81.2 Å². The molecule has 474 valence electrons. The minimum atomic E-state index is -1.75. The summed E-state index contributed by atoms with van der Waals surface area (Å²) in [5, 5.41) is 51.9. The number of nitrogens with one attached hydrogen (secondary N) is 9. The van der Waals surface area contributed by atoms with Crippen LogP contribution in [0.5, 0.6) is 11.5 Å². The average molecular weight is 1230 g/mol. The Bertz CT molecular complexity index is 3470. The number of ether oxygens (including phenoxy) is 2. The highest BCUT2D eigenvalue weighted by atomic mass is 16.6. The van der Waals surface area contributed by atoms with Crippen LogP contribution in [-0.4, -0.2) is 138 Å². The summed E-state index contributed by atoms with van der Waals surface area (Å²) >= 11 is 0. The molecule has 2 heterocycles. The number of rotatable bonds is 32. The second-order valence-electron chi connectivity index (χ2n) is 21.4. The number of fused-ring (bicyclic) bond motifs is 1. The lowest BCUT2D eigenvalue weighted by Gasteiger charge is -2.27. The molecular formula is C59H72N14O16. The van der Waals surface area contributed by atoms with Gasteiger partial charge in [-0.15, -0.1) is 0 Å². The number of hydrogen-bond donors (Lipinski definition) is 11. The monoisotopic (exact) mass is 1230 g/mol. The van der Waals surface area contributed by atoms with E-state index in [1.54, 1.807) is 50.2 Å². The van der Waals surface area contributed by atoms with E-state index in [0.29, 0.717) is 40.5 Å². The van der Waals surface area contributed by atoms with E-state index in [-0.39, 0.29) is 81.4 Å². The molecule has 30 heteroatoms. The fourth-order valence-corrected chi connectivity index (χ4v) is 9.62. The number of likely N-dealkylation sites (tertiary alicyclic amines) is 1. The second-order valence-corrected chi connectivity index (χ2v) is 21.4. The van der Waals surface area contributed by atoms with Gasteiger partial charge in [0.15, 0.2) is 5.96 Å². The zero-order valence-electron chi connectivity index (χ0n) is 49.3. The summed E-state index contributed by atoms with van der Waals surface area (Å²) in [7, 11) is 1.45. The van der Waals surface area contributed by atoms with Crippen molar-refractivity contribution in [1.82, 2.24) is 42.1 Å². The number of benzene rings is 4. The molecule has 0 saturated carbocycles. The number of anilines is 1. The van der Waals surface area contributed by atoms with Crippen LogP contribution in [0.1, 0.15) is 69.6 Å². The van der Waals surface area contributed by atoms with E-state index in [4.69, 9.17) is 30.8 Å². The summed E-state index contributed by atoms with van der Waals surface area (Å²) in [6.45, 7) is 4.04. The molecule has 13 N–H and O–H groups in total. The summed E-state index contributed by atoms with van der Waals surface area (Å²) in [5.41, 5.74) is 10.4. The van der Waals surface area contributed by atoms with E-state index in [1.807, 2.05) is 30.3 Å². The van der Waals surface area contributed by atoms with Crippen LogP contribution in [0.25, 0.3) is 11.0 Å². The summed E-state index contributed by atoms with van der Waals surface area (Å²) in [6, 6.07) is 16.3. The van der Waals surface area contributed by atoms with Crippen LogP contribution in [0.2, 0.25) is 0 Å². The van der Waals surface area contributed by atoms with Crippen molar-refractivity contribution in [1.29, 1.82) is 5.41 Å². The minimum absolute atomic E-state index is 0.00682. The van der Waals surface area contributed by atoms with Crippen LogP contribution in [-0.2, 0) is 57.8 Å². The molecule has 0 radical (unpaired) electrons. The molecule has 1 aliphatic heterocycles. The van der Waals surface area contributed by atoms with Crippen molar-refractivity contribution in [3.05, 3.63) is 144 Å². The Hall–Kier alpha value is -10.7. The van der Waals surface area contributed by atoms with Crippen molar-refractivity contribution in [2.24, 2.45) is 17.4 Å². The van der Waals surface area contributed by atoms with Gasteiger partial charge in [-0.25, -0.2) is 4.79 Å². The fourth-order valence-electron chi connectivity index (χ4n) is 9.62. The number of methoxy groups -OCH3 is 1. The number of guanidine groups is 1. The van der Waals surface area contributed by atoms with Gasteiger partial charge in [-0.1, -0.05) is 56.3 Å². The molecule has 6 rings (SSSR count). The van der Waals surface area contributed by atoms with Crippen LogP contribution in [0, 0.1) is 31.6 Å². The lowest BCUT2D eigenvalue weighted by Crippen LogP contribution is -2.59. The number of nitro groups is 2. The molecule has 30 nitrogen and oxygen atoms in total. The second kappa shape index (κ2) is 32.2. The average Bonchev–Trinajstić information content (AvgIpc) is 4.26. The molecule has 1 fully saturated rings. The molecular weight excluding hydrogens is 1160 g/mol. The highest BCUT2D eigenvalue weighted by molar-refractivity contribution is 5.98. The molecule has 5 aromatic rings. The Balaban J connectivity index is 1.20. The van der Waals surface area contributed by atoms with E-state index in [9.17, 15) is 63.4 Å². The number of nitrogens with zero attached hydrogens (tertiary/aromatic N) is 3. The van der Waals surface area contributed by atoms with Gasteiger partial charge in [-0.2, -0.15) is 0 Å². The fraction of sp³-hybridized carbons (Fsp3) is 0.390. The molecule has 0 unspecified atom stereocenters. The first-order valence-electron chi connectivity index (χ1n) is 28.4. The molecule has 1 aromatic heterocycles. The van der Waals surface area contributed by atoms with Gasteiger partial charge in [-0.05, 0) is 92.0 Å². The largest absolute Gasteiger partial charge is 0.497 e. The minimum Gasteiger partial charge on any atom is -0.497 e. The Kier molecular flexibility index (Phi) is 24.4. The van der Waals surface area contributed by atoms with Crippen molar-refractivity contribution in [3.8, 4) is 11.5 Å².